The smallest absolute Gasteiger partial charge is 0.268 e. The van der Waals surface area contributed by atoms with Crippen LogP contribution in [-0.4, -0.2) is 11.7 Å². The SMILES string of the molecule is O=C1CSc2ccc(C3Oc4ccccc4O3)cc2N1. The van der Waals surface area contributed by atoms with Crippen LogP contribution >= 0.6 is 11.8 Å². The highest BCUT2D eigenvalue weighted by atomic mass is 32.2. The summed E-state index contributed by atoms with van der Waals surface area (Å²) in [5, 5.41) is 2.87. The predicted octanol–water partition coefficient (Wildman–Crippen LogP) is 3.20. The summed E-state index contributed by atoms with van der Waals surface area (Å²) in [5.74, 6) is 1.98. The predicted molar refractivity (Wildman–Crippen MR) is 76.2 cm³/mol. The maximum Gasteiger partial charge on any atom is 0.268 e. The number of rotatable bonds is 1. The zero-order valence-electron chi connectivity index (χ0n) is 10.5. The van der Waals surface area contributed by atoms with Crippen molar-refractivity contribution in [1.82, 2.24) is 0 Å². The molecule has 0 spiro atoms. The van der Waals surface area contributed by atoms with Gasteiger partial charge in [-0.2, -0.15) is 0 Å². The number of fused-ring (bicyclic) bond motifs is 2. The van der Waals surface area contributed by atoms with Crippen LogP contribution < -0.4 is 14.8 Å². The normalized spacial score (nSPS) is 16.7. The molecule has 0 fully saturated rings. The number of thioether (sulfide) groups is 1. The lowest BCUT2D eigenvalue weighted by Crippen LogP contribution is -2.19. The number of carbonyl (C=O) groups excluding carboxylic acids is 1. The van der Waals surface area contributed by atoms with Crippen molar-refractivity contribution in [3.05, 3.63) is 48.0 Å². The van der Waals surface area contributed by atoms with Gasteiger partial charge >= 0.3 is 0 Å². The van der Waals surface area contributed by atoms with Crippen molar-refractivity contribution in [1.29, 1.82) is 0 Å². The van der Waals surface area contributed by atoms with Crippen LogP contribution in [0.3, 0.4) is 0 Å². The minimum Gasteiger partial charge on any atom is -0.447 e. The number of amides is 1. The molecule has 4 rings (SSSR count). The summed E-state index contributed by atoms with van der Waals surface area (Å²) in [7, 11) is 0. The van der Waals surface area contributed by atoms with E-state index >= 15 is 0 Å². The van der Waals surface area contributed by atoms with Gasteiger partial charge in [0.25, 0.3) is 6.29 Å². The number of benzene rings is 2. The average Bonchev–Trinajstić information content (AvgIpc) is 2.90. The molecule has 0 aliphatic carbocycles. The van der Waals surface area contributed by atoms with E-state index in [-0.39, 0.29) is 5.91 Å². The van der Waals surface area contributed by atoms with Gasteiger partial charge in [0.1, 0.15) is 0 Å². The van der Waals surface area contributed by atoms with Gasteiger partial charge in [0.15, 0.2) is 11.5 Å². The second-order valence-electron chi connectivity index (χ2n) is 4.61. The Hall–Kier alpha value is -2.14. The third-order valence-electron chi connectivity index (χ3n) is 3.23. The summed E-state index contributed by atoms with van der Waals surface area (Å²) in [6.07, 6.45) is -0.457. The van der Waals surface area contributed by atoms with Crippen LogP contribution in [0.1, 0.15) is 11.9 Å². The molecule has 0 unspecified atom stereocenters. The summed E-state index contributed by atoms with van der Waals surface area (Å²) in [6, 6.07) is 13.5. The zero-order chi connectivity index (χ0) is 13.5. The highest BCUT2D eigenvalue weighted by Crippen LogP contribution is 2.41. The molecule has 0 aromatic heterocycles. The molecule has 20 heavy (non-hydrogen) atoms. The van der Waals surface area contributed by atoms with E-state index in [4.69, 9.17) is 9.47 Å². The van der Waals surface area contributed by atoms with Gasteiger partial charge in [-0.1, -0.05) is 18.2 Å². The number of hydrogen-bond donors (Lipinski definition) is 1. The van der Waals surface area contributed by atoms with Crippen LogP contribution in [-0.2, 0) is 4.79 Å². The summed E-state index contributed by atoms with van der Waals surface area (Å²) in [6.45, 7) is 0. The molecule has 0 saturated carbocycles. The van der Waals surface area contributed by atoms with E-state index < -0.39 is 6.29 Å². The molecule has 1 amide bonds. The third-order valence-corrected chi connectivity index (χ3v) is 4.30. The zero-order valence-corrected chi connectivity index (χ0v) is 11.3. The minimum atomic E-state index is -0.457. The van der Waals surface area contributed by atoms with Crippen LogP contribution in [0.5, 0.6) is 11.5 Å². The summed E-state index contributed by atoms with van der Waals surface area (Å²) in [4.78, 5) is 12.5. The Morgan fingerprint density at radius 1 is 1.10 bits per heavy atom. The van der Waals surface area contributed by atoms with Crippen LogP contribution in [0.2, 0.25) is 0 Å². The molecule has 0 bridgehead atoms. The molecule has 5 heteroatoms. The van der Waals surface area contributed by atoms with Gasteiger partial charge in [-0.05, 0) is 24.3 Å². The molecule has 2 aromatic rings. The second-order valence-corrected chi connectivity index (χ2v) is 5.62. The number of carbonyl (C=O) groups is 1. The van der Waals surface area contributed by atoms with Gasteiger partial charge in [0.2, 0.25) is 5.91 Å². The first kappa shape index (κ1) is 11.7. The van der Waals surface area contributed by atoms with Crippen molar-refractivity contribution in [2.24, 2.45) is 0 Å². The van der Waals surface area contributed by atoms with Gasteiger partial charge in [-0.3, -0.25) is 4.79 Å². The Morgan fingerprint density at radius 3 is 2.60 bits per heavy atom. The van der Waals surface area contributed by atoms with Gasteiger partial charge < -0.3 is 14.8 Å². The largest absolute Gasteiger partial charge is 0.447 e. The Kier molecular flexibility index (Phi) is 2.60. The van der Waals surface area contributed by atoms with Crippen LogP contribution in [0, 0.1) is 0 Å². The Morgan fingerprint density at radius 2 is 1.85 bits per heavy atom. The number of ether oxygens (including phenoxy) is 2. The lowest BCUT2D eigenvalue weighted by molar-refractivity contribution is -0.113. The lowest BCUT2D eigenvalue weighted by atomic mass is 10.2. The number of para-hydroxylation sites is 2. The Bertz CT molecular complexity index is 676. The maximum absolute atomic E-state index is 11.4. The molecular weight excluding hydrogens is 274 g/mol. The van der Waals surface area contributed by atoms with E-state index in [1.54, 1.807) is 11.8 Å². The fraction of sp³-hybridized carbons (Fsp3) is 0.133. The standard InChI is InChI=1S/C15H11NO3S/c17-14-8-20-13-6-5-9(7-10(13)16-14)15-18-11-3-1-2-4-12(11)19-15/h1-7,15H,8H2,(H,16,17). The van der Waals surface area contributed by atoms with E-state index in [1.807, 2.05) is 42.5 Å². The highest BCUT2D eigenvalue weighted by molar-refractivity contribution is 8.00. The first-order valence-corrected chi connectivity index (χ1v) is 7.27. The molecule has 4 nitrogen and oxygen atoms in total. The minimum absolute atomic E-state index is 0.0243. The van der Waals surface area contributed by atoms with Crippen molar-refractivity contribution in [2.45, 2.75) is 11.2 Å². The Balaban J connectivity index is 1.65. The molecule has 100 valence electrons. The van der Waals surface area contributed by atoms with E-state index in [9.17, 15) is 4.79 Å². The Labute approximate surface area is 120 Å². The van der Waals surface area contributed by atoms with Gasteiger partial charge in [0.05, 0.1) is 11.4 Å². The quantitative estimate of drug-likeness (QED) is 0.874. The first-order valence-electron chi connectivity index (χ1n) is 6.28. The third kappa shape index (κ3) is 1.91. The van der Waals surface area contributed by atoms with Crippen molar-refractivity contribution in [3.63, 3.8) is 0 Å². The van der Waals surface area contributed by atoms with Crippen molar-refractivity contribution in [2.75, 3.05) is 11.1 Å². The van der Waals surface area contributed by atoms with E-state index in [0.717, 1.165) is 27.6 Å². The first-order chi connectivity index (χ1) is 9.79. The van der Waals surface area contributed by atoms with Crippen molar-refractivity contribution < 1.29 is 14.3 Å². The summed E-state index contributed by atoms with van der Waals surface area (Å²) < 4.78 is 11.5. The van der Waals surface area contributed by atoms with Crippen LogP contribution in [0.25, 0.3) is 0 Å². The van der Waals surface area contributed by atoms with E-state index in [1.165, 1.54) is 0 Å². The average molecular weight is 285 g/mol. The summed E-state index contributed by atoms with van der Waals surface area (Å²) in [5.41, 5.74) is 1.72. The number of anilines is 1. The molecule has 2 heterocycles. The number of hydrogen-bond acceptors (Lipinski definition) is 4. The maximum atomic E-state index is 11.4. The van der Waals surface area contributed by atoms with Crippen LogP contribution in [0.4, 0.5) is 5.69 Å². The molecular formula is C15H11NO3S. The van der Waals surface area contributed by atoms with Crippen molar-refractivity contribution in [3.8, 4) is 11.5 Å². The molecule has 1 N–H and O–H groups in total. The monoisotopic (exact) mass is 285 g/mol. The van der Waals surface area contributed by atoms with Crippen LogP contribution in [0.15, 0.2) is 47.4 Å². The fourth-order valence-corrected chi connectivity index (χ4v) is 3.07. The summed E-state index contributed by atoms with van der Waals surface area (Å²) >= 11 is 1.54. The molecule has 2 aliphatic heterocycles. The molecule has 2 aliphatic rings. The van der Waals surface area contributed by atoms with Gasteiger partial charge in [-0.25, -0.2) is 0 Å². The molecule has 0 radical (unpaired) electrons. The molecule has 0 saturated heterocycles. The fourth-order valence-electron chi connectivity index (χ4n) is 2.28. The van der Waals surface area contributed by atoms with E-state index in [2.05, 4.69) is 5.32 Å². The lowest BCUT2D eigenvalue weighted by Gasteiger charge is -2.18. The highest BCUT2D eigenvalue weighted by Gasteiger charge is 2.26. The second kappa shape index (κ2) is 4.45. The number of nitrogens with one attached hydrogen (secondary N) is 1. The molecule has 0 atom stereocenters. The van der Waals surface area contributed by atoms with Crippen molar-refractivity contribution >= 4 is 23.4 Å². The topological polar surface area (TPSA) is 47.6 Å². The van der Waals surface area contributed by atoms with Gasteiger partial charge in [-0.15, -0.1) is 11.8 Å². The van der Waals surface area contributed by atoms with E-state index in [0.29, 0.717) is 5.75 Å². The molecule has 2 aromatic carbocycles. The van der Waals surface area contributed by atoms with Gasteiger partial charge in [0, 0.05) is 10.5 Å².